The van der Waals surface area contributed by atoms with Gasteiger partial charge in [-0.2, -0.15) is 0 Å². The molecule has 0 unspecified atom stereocenters. The summed E-state index contributed by atoms with van der Waals surface area (Å²) in [4.78, 5) is 34.2. The molecule has 2 rings (SSSR count). The first-order valence-corrected chi connectivity index (χ1v) is 8.07. The van der Waals surface area contributed by atoms with Gasteiger partial charge in [0, 0.05) is 12.1 Å². The van der Waals surface area contributed by atoms with E-state index in [1.54, 1.807) is 0 Å². The SMILES string of the molecule is COc1cc([N+](=O)[O-])ccc1NC(=O)[C@H](C)OC(=O)/C=C/c1ccc(F)cc1. The molecule has 2 aromatic carbocycles. The second kappa shape index (κ2) is 9.26. The minimum atomic E-state index is -1.13. The standard InChI is InChI=1S/C19H17FN2O6/c1-12(28-18(23)10-5-13-3-6-14(20)7-4-13)19(24)21-16-9-8-15(22(25)26)11-17(16)27-2/h3-12H,1-2H3,(H,21,24)/b10-5+/t12-/m0/s1. The van der Waals surface area contributed by atoms with E-state index in [9.17, 15) is 24.1 Å². The Morgan fingerprint density at radius 2 is 1.89 bits per heavy atom. The fourth-order valence-corrected chi connectivity index (χ4v) is 2.14. The molecule has 0 radical (unpaired) electrons. The highest BCUT2D eigenvalue weighted by atomic mass is 19.1. The highest BCUT2D eigenvalue weighted by Crippen LogP contribution is 2.29. The van der Waals surface area contributed by atoms with E-state index in [0.717, 1.165) is 12.1 Å². The topological polar surface area (TPSA) is 108 Å². The van der Waals surface area contributed by atoms with Crippen LogP contribution in [-0.2, 0) is 14.3 Å². The fourth-order valence-electron chi connectivity index (χ4n) is 2.14. The van der Waals surface area contributed by atoms with E-state index in [2.05, 4.69) is 5.32 Å². The van der Waals surface area contributed by atoms with Crippen molar-refractivity contribution in [2.75, 3.05) is 12.4 Å². The largest absolute Gasteiger partial charge is 0.494 e. The van der Waals surface area contributed by atoms with E-state index in [4.69, 9.17) is 9.47 Å². The number of methoxy groups -OCH3 is 1. The monoisotopic (exact) mass is 388 g/mol. The molecule has 0 fully saturated rings. The lowest BCUT2D eigenvalue weighted by molar-refractivity contribution is -0.384. The number of non-ortho nitro benzene ring substituents is 1. The normalized spacial score (nSPS) is 11.7. The fraction of sp³-hybridized carbons (Fsp3) is 0.158. The maximum absolute atomic E-state index is 12.8. The van der Waals surface area contributed by atoms with Crippen molar-refractivity contribution in [3.05, 3.63) is 70.0 Å². The molecule has 8 nitrogen and oxygen atoms in total. The molecule has 0 spiro atoms. The smallest absolute Gasteiger partial charge is 0.331 e. The zero-order valence-electron chi connectivity index (χ0n) is 15.0. The van der Waals surface area contributed by atoms with Gasteiger partial charge in [0.1, 0.15) is 11.6 Å². The van der Waals surface area contributed by atoms with Crippen LogP contribution in [0.1, 0.15) is 12.5 Å². The molecule has 9 heteroatoms. The van der Waals surface area contributed by atoms with E-state index >= 15 is 0 Å². The van der Waals surface area contributed by atoms with Crippen molar-refractivity contribution >= 4 is 29.3 Å². The Hall–Kier alpha value is -3.75. The van der Waals surface area contributed by atoms with Crippen molar-refractivity contribution in [2.24, 2.45) is 0 Å². The summed E-state index contributed by atoms with van der Waals surface area (Å²) in [7, 11) is 1.30. The van der Waals surface area contributed by atoms with Gasteiger partial charge < -0.3 is 14.8 Å². The van der Waals surface area contributed by atoms with E-state index in [-0.39, 0.29) is 17.1 Å². The number of amides is 1. The molecule has 2 aromatic rings. The average Bonchev–Trinajstić information content (AvgIpc) is 2.67. The Morgan fingerprint density at radius 3 is 2.50 bits per heavy atom. The number of ether oxygens (including phenoxy) is 2. The number of hydrogen-bond donors (Lipinski definition) is 1. The first-order chi connectivity index (χ1) is 13.3. The van der Waals surface area contributed by atoms with E-state index in [1.807, 2.05) is 0 Å². The maximum Gasteiger partial charge on any atom is 0.331 e. The second-order valence-corrected chi connectivity index (χ2v) is 5.59. The summed E-state index contributed by atoms with van der Waals surface area (Å²) in [5.41, 5.74) is 0.592. The number of nitrogens with zero attached hydrogens (tertiary/aromatic N) is 1. The number of esters is 1. The number of carbonyl (C=O) groups is 2. The van der Waals surface area contributed by atoms with Crippen LogP contribution in [0.4, 0.5) is 15.8 Å². The Balaban J connectivity index is 1.97. The summed E-state index contributed by atoms with van der Waals surface area (Å²) in [6.07, 6.45) is 1.40. The second-order valence-electron chi connectivity index (χ2n) is 5.59. The first-order valence-electron chi connectivity index (χ1n) is 8.07. The van der Waals surface area contributed by atoms with Crippen molar-refractivity contribution in [1.82, 2.24) is 0 Å². The molecule has 0 aliphatic carbocycles. The maximum atomic E-state index is 12.8. The third-order valence-corrected chi connectivity index (χ3v) is 3.60. The van der Waals surface area contributed by atoms with Gasteiger partial charge in [-0.25, -0.2) is 9.18 Å². The predicted octanol–water partition coefficient (Wildman–Crippen LogP) is 3.33. The molecule has 146 valence electrons. The summed E-state index contributed by atoms with van der Waals surface area (Å²) in [6.45, 7) is 1.37. The van der Waals surface area contributed by atoms with Gasteiger partial charge in [-0.3, -0.25) is 14.9 Å². The molecule has 1 N–H and O–H groups in total. The Labute approximate surface area is 159 Å². The molecule has 28 heavy (non-hydrogen) atoms. The van der Waals surface area contributed by atoms with E-state index < -0.39 is 28.7 Å². The Kier molecular flexibility index (Phi) is 6.80. The lowest BCUT2D eigenvalue weighted by Crippen LogP contribution is -2.29. The first kappa shape index (κ1) is 20.6. The molecule has 0 saturated carbocycles. The number of halogens is 1. The Morgan fingerprint density at radius 1 is 1.21 bits per heavy atom. The van der Waals surface area contributed by atoms with E-state index in [0.29, 0.717) is 5.56 Å². The van der Waals surface area contributed by atoms with Gasteiger partial charge in [0.15, 0.2) is 6.10 Å². The van der Waals surface area contributed by atoms with Crippen LogP contribution in [0.3, 0.4) is 0 Å². The average molecular weight is 388 g/mol. The third kappa shape index (κ3) is 5.63. The van der Waals surface area contributed by atoms with Crippen molar-refractivity contribution < 1.29 is 28.4 Å². The minimum Gasteiger partial charge on any atom is -0.494 e. The van der Waals surface area contributed by atoms with Gasteiger partial charge in [0.2, 0.25) is 0 Å². The van der Waals surface area contributed by atoms with Crippen molar-refractivity contribution in [3.63, 3.8) is 0 Å². The molecule has 0 heterocycles. The summed E-state index contributed by atoms with van der Waals surface area (Å²) in [5.74, 6) is -1.71. The summed E-state index contributed by atoms with van der Waals surface area (Å²) >= 11 is 0. The minimum absolute atomic E-state index is 0.0947. The number of nitrogens with one attached hydrogen (secondary N) is 1. The van der Waals surface area contributed by atoms with E-state index in [1.165, 1.54) is 56.5 Å². The van der Waals surface area contributed by atoms with Gasteiger partial charge in [0.25, 0.3) is 11.6 Å². The summed E-state index contributed by atoms with van der Waals surface area (Å²) in [5, 5.41) is 13.3. The molecular weight excluding hydrogens is 371 g/mol. The Bertz CT molecular complexity index is 911. The molecule has 0 aliphatic heterocycles. The molecule has 1 atom stereocenters. The van der Waals surface area contributed by atoms with Crippen LogP contribution in [0, 0.1) is 15.9 Å². The van der Waals surface area contributed by atoms with Crippen LogP contribution in [-0.4, -0.2) is 30.0 Å². The van der Waals surface area contributed by atoms with Crippen LogP contribution in [0.5, 0.6) is 5.75 Å². The summed E-state index contributed by atoms with van der Waals surface area (Å²) in [6, 6.07) is 9.15. The van der Waals surface area contributed by atoms with Crippen LogP contribution in [0.25, 0.3) is 6.08 Å². The molecule has 0 saturated heterocycles. The molecule has 0 bridgehead atoms. The number of nitro groups is 1. The number of hydrogen-bond acceptors (Lipinski definition) is 6. The van der Waals surface area contributed by atoms with Crippen molar-refractivity contribution in [3.8, 4) is 5.75 Å². The van der Waals surface area contributed by atoms with Crippen LogP contribution >= 0.6 is 0 Å². The molecule has 1 amide bonds. The van der Waals surface area contributed by atoms with Crippen molar-refractivity contribution in [2.45, 2.75) is 13.0 Å². The number of benzene rings is 2. The van der Waals surface area contributed by atoms with Crippen LogP contribution in [0.15, 0.2) is 48.5 Å². The zero-order valence-corrected chi connectivity index (χ0v) is 15.0. The van der Waals surface area contributed by atoms with Crippen LogP contribution < -0.4 is 10.1 Å². The van der Waals surface area contributed by atoms with Gasteiger partial charge >= 0.3 is 5.97 Å². The van der Waals surface area contributed by atoms with Crippen LogP contribution in [0.2, 0.25) is 0 Å². The predicted molar refractivity (Wildman–Crippen MR) is 99.3 cm³/mol. The number of carbonyl (C=O) groups excluding carboxylic acids is 2. The van der Waals surface area contributed by atoms with Gasteiger partial charge in [-0.05, 0) is 36.8 Å². The number of rotatable bonds is 7. The lowest BCUT2D eigenvalue weighted by Gasteiger charge is -2.14. The highest BCUT2D eigenvalue weighted by molar-refractivity contribution is 5.97. The van der Waals surface area contributed by atoms with Gasteiger partial charge in [-0.1, -0.05) is 12.1 Å². The molecular formula is C19H17FN2O6. The van der Waals surface area contributed by atoms with Gasteiger partial charge in [-0.15, -0.1) is 0 Å². The third-order valence-electron chi connectivity index (χ3n) is 3.60. The number of nitro benzene ring substituents is 1. The van der Waals surface area contributed by atoms with Gasteiger partial charge in [0.05, 0.1) is 23.8 Å². The lowest BCUT2D eigenvalue weighted by atomic mass is 10.2. The summed E-state index contributed by atoms with van der Waals surface area (Å²) < 4.78 is 22.9. The number of anilines is 1. The zero-order chi connectivity index (χ0) is 20.7. The molecule has 0 aromatic heterocycles. The molecule has 0 aliphatic rings. The van der Waals surface area contributed by atoms with Crippen molar-refractivity contribution in [1.29, 1.82) is 0 Å². The highest BCUT2D eigenvalue weighted by Gasteiger charge is 2.19. The quantitative estimate of drug-likeness (QED) is 0.337.